The van der Waals surface area contributed by atoms with Gasteiger partial charge in [0.1, 0.15) is 0 Å². The maximum atomic E-state index is 7.50. The van der Waals surface area contributed by atoms with E-state index in [1.807, 2.05) is 6.07 Å². The summed E-state index contributed by atoms with van der Waals surface area (Å²) in [5, 5.41) is 11.1. The molecule has 3 rings (SSSR count). The van der Waals surface area contributed by atoms with Crippen LogP contribution in [0.25, 0.3) is 0 Å². The second-order valence-corrected chi connectivity index (χ2v) is 6.07. The fourth-order valence-corrected chi connectivity index (χ4v) is 3.76. The summed E-state index contributed by atoms with van der Waals surface area (Å²) in [6.45, 7) is 3.16. The lowest BCUT2D eigenvalue weighted by Gasteiger charge is -2.51. The standard InChI is InChI=1S/C16H24N4/c17-11-13-10-14(4-5-15(13)18)20-9-8-19-12-16(20)6-2-1-3-7-16/h4-5,10-11,17,19H,1-3,6-9,12,18H2. The molecular weight excluding hydrogens is 248 g/mol. The number of nitrogens with one attached hydrogen (secondary N) is 2. The van der Waals surface area contributed by atoms with Gasteiger partial charge in [-0.05, 0) is 31.0 Å². The quantitative estimate of drug-likeness (QED) is 0.572. The van der Waals surface area contributed by atoms with Crippen molar-refractivity contribution in [2.45, 2.75) is 37.6 Å². The number of hydrogen-bond donors (Lipinski definition) is 3. The number of benzene rings is 1. The van der Waals surface area contributed by atoms with Gasteiger partial charge in [-0.1, -0.05) is 19.3 Å². The van der Waals surface area contributed by atoms with Gasteiger partial charge in [-0.25, -0.2) is 0 Å². The molecule has 4 N–H and O–H groups in total. The molecule has 4 nitrogen and oxygen atoms in total. The predicted octanol–water partition coefficient (Wildman–Crippen LogP) is 2.38. The molecule has 1 aromatic carbocycles. The average molecular weight is 272 g/mol. The van der Waals surface area contributed by atoms with Crippen molar-refractivity contribution < 1.29 is 0 Å². The van der Waals surface area contributed by atoms with Gasteiger partial charge in [-0.2, -0.15) is 0 Å². The van der Waals surface area contributed by atoms with Crippen molar-refractivity contribution in [3.63, 3.8) is 0 Å². The molecule has 0 amide bonds. The molecule has 1 saturated heterocycles. The van der Waals surface area contributed by atoms with Crippen LogP contribution in [0.1, 0.15) is 37.7 Å². The first-order valence-corrected chi connectivity index (χ1v) is 7.64. The van der Waals surface area contributed by atoms with Gasteiger partial charge in [-0.15, -0.1) is 0 Å². The molecular formula is C16H24N4. The third-order valence-electron chi connectivity index (χ3n) is 4.86. The molecule has 108 valence electrons. The largest absolute Gasteiger partial charge is 0.398 e. The Morgan fingerprint density at radius 1 is 1.25 bits per heavy atom. The Morgan fingerprint density at radius 3 is 2.80 bits per heavy atom. The van der Waals surface area contributed by atoms with E-state index in [9.17, 15) is 0 Å². The Bertz CT molecular complexity index is 483. The molecule has 1 aliphatic carbocycles. The summed E-state index contributed by atoms with van der Waals surface area (Å²) in [7, 11) is 0. The van der Waals surface area contributed by atoms with Crippen molar-refractivity contribution >= 4 is 17.6 Å². The normalized spacial score (nSPS) is 21.9. The van der Waals surface area contributed by atoms with Gasteiger partial charge in [0, 0.05) is 42.8 Å². The fourth-order valence-electron chi connectivity index (χ4n) is 3.76. The third-order valence-corrected chi connectivity index (χ3v) is 4.86. The summed E-state index contributed by atoms with van der Waals surface area (Å²) in [5.41, 5.74) is 8.93. The van der Waals surface area contributed by atoms with Crippen LogP contribution in [-0.4, -0.2) is 31.4 Å². The first-order valence-electron chi connectivity index (χ1n) is 7.64. The van der Waals surface area contributed by atoms with Gasteiger partial charge >= 0.3 is 0 Å². The van der Waals surface area contributed by atoms with Crippen LogP contribution in [0.3, 0.4) is 0 Å². The Hall–Kier alpha value is -1.55. The molecule has 2 fully saturated rings. The van der Waals surface area contributed by atoms with Crippen molar-refractivity contribution in [3.05, 3.63) is 23.8 Å². The lowest BCUT2D eigenvalue weighted by atomic mass is 9.78. The molecule has 2 aliphatic rings. The molecule has 0 aromatic heterocycles. The number of hydrogen-bond acceptors (Lipinski definition) is 4. The molecule has 1 aliphatic heterocycles. The van der Waals surface area contributed by atoms with Crippen LogP contribution in [0.5, 0.6) is 0 Å². The van der Waals surface area contributed by atoms with Crippen molar-refractivity contribution in [2.75, 3.05) is 30.3 Å². The predicted molar refractivity (Wildman–Crippen MR) is 84.8 cm³/mol. The van der Waals surface area contributed by atoms with Crippen LogP contribution in [-0.2, 0) is 0 Å². The highest BCUT2D eigenvalue weighted by Crippen LogP contribution is 2.38. The Morgan fingerprint density at radius 2 is 2.05 bits per heavy atom. The van der Waals surface area contributed by atoms with Crippen molar-refractivity contribution in [3.8, 4) is 0 Å². The molecule has 1 spiro atoms. The van der Waals surface area contributed by atoms with E-state index in [2.05, 4.69) is 22.3 Å². The van der Waals surface area contributed by atoms with E-state index in [-0.39, 0.29) is 5.54 Å². The van der Waals surface area contributed by atoms with Gasteiger partial charge in [0.25, 0.3) is 0 Å². The van der Waals surface area contributed by atoms with Gasteiger partial charge in [-0.3, -0.25) is 0 Å². The Labute approximate surface area is 120 Å². The van der Waals surface area contributed by atoms with Crippen molar-refractivity contribution in [1.82, 2.24) is 5.32 Å². The number of piperazine rings is 1. The highest BCUT2D eigenvalue weighted by molar-refractivity contribution is 5.86. The lowest BCUT2D eigenvalue weighted by Crippen LogP contribution is -2.62. The van der Waals surface area contributed by atoms with Crippen LogP contribution in [0.2, 0.25) is 0 Å². The van der Waals surface area contributed by atoms with E-state index in [1.54, 1.807) is 0 Å². The molecule has 1 saturated carbocycles. The second-order valence-electron chi connectivity index (χ2n) is 6.07. The van der Waals surface area contributed by atoms with Crippen molar-refractivity contribution in [1.29, 1.82) is 5.41 Å². The first kappa shape index (κ1) is 13.4. The average Bonchev–Trinajstić information content (AvgIpc) is 2.49. The van der Waals surface area contributed by atoms with Gasteiger partial charge < -0.3 is 21.4 Å². The molecule has 0 radical (unpaired) electrons. The topological polar surface area (TPSA) is 65.1 Å². The van der Waals surface area contributed by atoms with Gasteiger partial charge in [0.15, 0.2) is 0 Å². The minimum absolute atomic E-state index is 0.270. The summed E-state index contributed by atoms with van der Waals surface area (Å²) < 4.78 is 0. The van der Waals surface area contributed by atoms with Crippen LogP contribution in [0.4, 0.5) is 11.4 Å². The van der Waals surface area contributed by atoms with E-state index in [0.717, 1.165) is 25.2 Å². The number of nitrogens with two attached hydrogens (primary N) is 1. The van der Waals surface area contributed by atoms with E-state index in [0.29, 0.717) is 5.69 Å². The van der Waals surface area contributed by atoms with Crippen LogP contribution < -0.4 is 16.0 Å². The summed E-state index contributed by atoms with van der Waals surface area (Å²) in [4.78, 5) is 2.56. The van der Waals surface area contributed by atoms with E-state index < -0.39 is 0 Å². The zero-order valence-electron chi connectivity index (χ0n) is 12.0. The molecule has 1 heterocycles. The minimum Gasteiger partial charge on any atom is -0.398 e. The number of nitrogen functional groups attached to an aromatic ring is 1. The maximum Gasteiger partial charge on any atom is 0.0527 e. The highest BCUT2D eigenvalue weighted by Gasteiger charge is 2.39. The van der Waals surface area contributed by atoms with Gasteiger partial charge in [0.05, 0.1) is 5.54 Å². The van der Waals surface area contributed by atoms with Crippen molar-refractivity contribution in [2.24, 2.45) is 0 Å². The maximum absolute atomic E-state index is 7.50. The van der Waals surface area contributed by atoms with E-state index in [4.69, 9.17) is 11.1 Å². The summed E-state index contributed by atoms with van der Waals surface area (Å²) in [6, 6.07) is 6.13. The SMILES string of the molecule is N=Cc1cc(N2CCNCC23CCCCC3)ccc1N. The molecule has 20 heavy (non-hydrogen) atoms. The molecule has 0 bridgehead atoms. The van der Waals surface area contributed by atoms with Crippen LogP contribution in [0, 0.1) is 5.41 Å². The van der Waals surface area contributed by atoms with Crippen LogP contribution in [0.15, 0.2) is 18.2 Å². The zero-order chi connectivity index (χ0) is 14.0. The Balaban J connectivity index is 1.95. The van der Waals surface area contributed by atoms with E-state index >= 15 is 0 Å². The third kappa shape index (κ3) is 2.29. The van der Waals surface area contributed by atoms with E-state index in [1.165, 1.54) is 44.0 Å². The Kier molecular flexibility index (Phi) is 3.66. The molecule has 0 atom stereocenters. The zero-order valence-corrected chi connectivity index (χ0v) is 12.0. The lowest BCUT2D eigenvalue weighted by molar-refractivity contribution is 0.241. The smallest absolute Gasteiger partial charge is 0.0527 e. The summed E-state index contributed by atoms with van der Waals surface area (Å²) >= 11 is 0. The highest BCUT2D eigenvalue weighted by atomic mass is 15.3. The van der Waals surface area contributed by atoms with Crippen LogP contribution >= 0.6 is 0 Å². The number of anilines is 2. The number of nitrogens with zero attached hydrogens (tertiary/aromatic N) is 1. The molecule has 4 heteroatoms. The second kappa shape index (κ2) is 5.44. The monoisotopic (exact) mass is 272 g/mol. The summed E-state index contributed by atoms with van der Waals surface area (Å²) in [6.07, 6.45) is 7.90. The molecule has 0 unspecified atom stereocenters. The fraction of sp³-hybridized carbons (Fsp3) is 0.562. The first-order chi connectivity index (χ1) is 9.75. The van der Waals surface area contributed by atoms with Gasteiger partial charge in [0.2, 0.25) is 0 Å². The summed E-state index contributed by atoms with van der Waals surface area (Å²) in [5.74, 6) is 0. The number of rotatable bonds is 2. The minimum atomic E-state index is 0.270. The molecule has 1 aromatic rings.